The first-order valence-electron chi connectivity index (χ1n) is 10.3. The minimum absolute atomic E-state index is 0.0477. The predicted octanol–water partition coefficient (Wildman–Crippen LogP) is 2.17. The molecule has 1 aromatic carbocycles. The Morgan fingerprint density at radius 3 is 3.00 bits per heavy atom. The van der Waals surface area contributed by atoms with Crippen LogP contribution in [0.15, 0.2) is 18.3 Å². The van der Waals surface area contributed by atoms with Gasteiger partial charge in [0.15, 0.2) is 0 Å². The Hall–Kier alpha value is -2.36. The Balaban J connectivity index is 1.83. The van der Waals surface area contributed by atoms with E-state index in [2.05, 4.69) is 29.1 Å². The molecule has 2 aliphatic rings. The number of benzene rings is 1. The molecule has 5 heteroatoms. The number of rotatable bonds is 7. The molecule has 3 rings (SSSR count). The van der Waals surface area contributed by atoms with Crippen LogP contribution in [0.25, 0.3) is 11.9 Å². The summed E-state index contributed by atoms with van der Waals surface area (Å²) < 4.78 is 5.02. The van der Waals surface area contributed by atoms with Gasteiger partial charge in [-0.15, -0.1) is 0 Å². The van der Waals surface area contributed by atoms with Crippen LogP contribution >= 0.6 is 0 Å². The van der Waals surface area contributed by atoms with E-state index >= 15 is 0 Å². The first kappa shape index (κ1) is 20.4. The number of carbonyl (C=O) groups excluding carboxylic acids is 1. The molecular formula is C23H31N3O2. The quantitative estimate of drug-likeness (QED) is 0.562. The molecule has 0 saturated heterocycles. The molecule has 1 aliphatic heterocycles. The first-order chi connectivity index (χ1) is 13.6. The molecule has 0 spiro atoms. The third-order valence-electron chi connectivity index (χ3n) is 5.64. The number of fused-ring (bicyclic) bond motifs is 1. The van der Waals surface area contributed by atoms with Gasteiger partial charge in [0, 0.05) is 54.3 Å². The molecule has 1 atom stereocenters. The average molecular weight is 382 g/mol. The minimum Gasteiger partial charge on any atom is -0.383 e. The lowest BCUT2D eigenvalue weighted by Crippen LogP contribution is -2.38. The highest BCUT2D eigenvalue weighted by molar-refractivity contribution is 5.95. The molecule has 28 heavy (non-hydrogen) atoms. The van der Waals surface area contributed by atoms with E-state index in [1.807, 2.05) is 18.3 Å². The maximum Gasteiger partial charge on any atom is 0.251 e. The Labute approximate surface area is 167 Å². The first-order valence-corrected chi connectivity index (χ1v) is 10.3. The molecule has 1 unspecified atom stereocenters. The molecule has 0 radical (unpaired) electrons. The molecule has 5 nitrogen and oxygen atoms in total. The van der Waals surface area contributed by atoms with Crippen molar-refractivity contribution >= 4 is 23.6 Å². The summed E-state index contributed by atoms with van der Waals surface area (Å²) in [5, 5.41) is 13.0. The Bertz CT molecular complexity index is 884. The van der Waals surface area contributed by atoms with Crippen molar-refractivity contribution in [3.05, 3.63) is 39.9 Å². The highest BCUT2D eigenvalue weighted by Gasteiger charge is 2.18. The van der Waals surface area contributed by atoms with Crippen molar-refractivity contribution in [2.24, 2.45) is 5.92 Å². The number of carbonyl (C=O) groups is 1. The summed E-state index contributed by atoms with van der Waals surface area (Å²) in [6.07, 6.45) is 10.3. The third kappa shape index (κ3) is 4.92. The lowest BCUT2D eigenvalue weighted by molar-refractivity contribution is 0.0936. The minimum atomic E-state index is -0.0477. The van der Waals surface area contributed by atoms with Crippen LogP contribution in [0.4, 0.5) is 0 Å². The number of hydrogen-bond acceptors (Lipinski definition) is 4. The topological polar surface area (TPSA) is 65.4 Å². The van der Waals surface area contributed by atoms with Crippen LogP contribution < -0.4 is 15.8 Å². The van der Waals surface area contributed by atoms with Crippen molar-refractivity contribution in [1.29, 1.82) is 5.41 Å². The van der Waals surface area contributed by atoms with Crippen molar-refractivity contribution in [1.82, 2.24) is 10.2 Å². The zero-order valence-electron chi connectivity index (χ0n) is 17.0. The number of nitrogens with zero attached hydrogens (tertiary/aromatic N) is 1. The monoisotopic (exact) mass is 381 g/mol. The summed E-state index contributed by atoms with van der Waals surface area (Å²) in [5.41, 5.74) is 6.10. The van der Waals surface area contributed by atoms with E-state index in [-0.39, 0.29) is 5.91 Å². The van der Waals surface area contributed by atoms with E-state index in [0.29, 0.717) is 19.1 Å². The van der Waals surface area contributed by atoms with Crippen molar-refractivity contribution in [2.75, 3.05) is 26.8 Å². The fourth-order valence-electron chi connectivity index (χ4n) is 4.09. The van der Waals surface area contributed by atoms with Gasteiger partial charge < -0.3 is 20.4 Å². The normalized spacial score (nSPS) is 18.7. The number of hydrogen-bond donors (Lipinski definition) is 2. The van der Waals surface area contributed by atoms with Crippen LogP contribution in [0.1, 0.15) is 54.9 Å². The van der Waals surface area contributed by atoms with Crippen molar-refractivity contribution < 1.29 is 9.53 Å². The number of amides is 1. The summed E-state index contributed by atoms with van der Waals surface area (Å²) in [7, 11) is 1.63. The van der Waals surface area contributed by atoms with E-state index in [1.54, 1.807) is 7.11 Å². The van der Waals surface area contributed by atoms with Gasteiger partial charge in [0.05, 0.1) is 6.61 Å². The summed E-state index contributed by atoms with van der Waals surface area (Å²) >= 11 is 0. The summed E-state index contributed by atoms with van der Waals surface area (Å²) in [6.45, 7) is 4.06. The fraction of sp³-hybridized carbons (Fsp3) is 0.522. The Kier molecular flexibility index (Phi) is 7.07. The van der Waals surface area contributed by atoms with Crippen LogP contribution in [-0.4, -0.2) is 43.3 Å². The molecule has 2 N–H and O–H groups in total. The van der Waals surface area contributed by atoms with Gasteiger partial charge in [-0.2, -0.15) is 0 Å². The number of nitrogens with one attached hydrogen (secondary N) is 2. The van der Waals surface area contributed by atoms with Gasteiger partial charge in [0.25, 0.3) is 5.91 Å². The second kappa shape index (κ2) is 9.72. The molecular weight excluding hydrogens is 350 g/mol. The van der Waals surface area contributed by atoms with Gasteiger partial charge >= 0.3 is 0 Å². The van der Waals surface area contributed by atoms with Crippen LogP contribution in [0.2, 0.25) is 0 Å². The largest absolute Gasteiger partial charge is 0.383 e. The lowest BCUT2D eigenvalue weighted by Gasteiger charge is -2.23. The zero-order chi connectivity index (χ0) is 19.9. The smallest absolute Gasteiger partial charge is 0.251 e. The van der Waals surface area contributed by atoms with E-state index in [4.69, 9.17) is 10.1 Å². The van der Waals surface area contributed by atoms with Crippen molar-refractivity contribution in [3.63, 3.8) is 0 Å². The standard InChI is InChI=1S/C23H31N3O2/c1-3-20-21(23(27)25-12-14-28-2)10-8-18-11-13-26(16-22(18)20)15-17-5-4-6-19(24)9-7-17/h8,10,13,16-17,24H,3-7,9,12,14-15H2,1-2H3,(H,25,27). The van der Waals surface area contributed by atoms with Gasteiger partial charge in [-0.1, -0.05) is 12.7 Å². The molecule has 1 aliphatic carbocycles. The third-order valence-corrected chi connectivity index (χ3v) is 5.64. The summed E-state index contributed by atoms with van der Waals surface area (Å²) in [4.78, 5) is 14.8. The van der Waals surface area contributed by atoms with Crippen molar-refractivity contribution in [3.8, 4) is 0 Å². The predicted molar refractivity (Wildman–Crippen MR) is 113 cm³/mol. The molecule has 1 aromatic rings. The zero-order valence-corrected chi connectivity index (χ0v) is 17.0. The number of methoxy groups -OCH3 is 1. The van der Waals surface area contributed by atoms with Gasteiger partial charge in [-0.3, -0.25) is 4.79 Å². The van der Waals surface area contributed by atoms with E-state index < -0.39 is 0 Å². The molecule has 150 valence electrons. The van der Waals surface area contributed by atoms with Gasteiger partial charge in [0.1, 0.15) is 0 Å². The lowest BCUT2D eigenvalue weighted by atomic mass is 9.98. The molecule has 1 amide bonds. The maximum absolute atomic E-state index is 12.6. The Morgan fingerprint density at radius 1 is 1.36 bits per heavy atom. The van der Waals surface area contributed by atoms with Gasteiger partial charge in [-0.25, -0.2) is 0 Å². The van der Waals surface area contributed by atoms with E-state index in [9.17, 15) is 4.79 Å². The molecule has 1 heterocycles. The van der Waals surface area contributed by atoms with Crippen LogP contribution in [0.3, 0.4) is 0 Å². The van der Waals surface area contributed by atoms with Crippen LogP contribution in [-0.2, 0) is 11.2 Å². The summed E-state index contributed by atoms with van der Waals surface area (Å²) in [5.74, 6) is 0.554. The molecule has 1 saturated carbocycles. The van der Waals surface area contributed by atoms with E-state index in [0.717, 1.165) is 65.9 Å². The summed E-state index contributed by atoms with van der Waals surface area (Å²) in [6, 6.07) is 3.89. The second-order valence-electron chi connectivity index (χ2n) is 7.65. The highest BCUT2D eigenvalue weighted by Crippen LogP contribution is 2.22. The fourth-order valence-corrected chi connectivity index (χ4v) is 4.09. The second-order valence-corrected chi connectivity index (χ2v) is 7.65. The highest BCUT2D eigenvalue weighted by atomic mass is 16.5. The molecule has 0 aromatic heterocycles. The van der Waals surface area contributed by atoms with Crippen LogP contribution in [0.5, 0.6) is 0 Å². The molecule has 0 bridgehead atoms. The van der Waals surface area contributed by atoms with Gasteiger partial charge in [0.2, 0.25) is 0 Å². The van der Waals surface area contributed by atoms with Gasteiger partial charge in [-0.05, 0) is 62.1 Å². The van der Waals surface area contributed by atoms with Crippen molar-refractivity contribution in [2.45, 2.75) is 45.4 Å². The SMILES string of the molecule is CCc1c(C(=O)NCCOC)ccc2c1=CN(CC1CCCC(=N)CC1)C=C=2. The maximum atomic E-state index is 12.6. The average Bonchev–Trinajstić information content (AvgIpc) is 2.91. The number of ether oxygens (including phenoxy) is 1. The Morgan fingerprint density at radius 2 is 2.21 bits per heavy atom. The van der Waals surface area contributed by atoms with E-state index in [1.165, 1.54) is 6.42 Å². The molecule has 1 fully saturated rings. The van der Waals surface area contributed by atoms with Crippen LogP contribution in [0, 0.1) is 11.3 Å².